The van der Waals surface area contributed by atoms with E-state index in [9.17, 15) is 38.7 Å². The molecule has 0 spiro atoms. The predicted molar refractivity (Wildman–Crippen MR) is 267 cm³/mol. The number of H-pyrrole nitrogens is 1. The highest BCUT2D eigenvalue weighted by atomic mass is 16.4. The molecule has 22 heteroatoms. The molecule has 0 fully saturated rings. The SMILES string of the molecule is NCCCC[C@H](NC(=O)[C@H](CCCCN)NC(=O)[C@H](CCCCN)NC(=O)[C@H](Cc1c[nH]c2ccccc12)NC(=O)[C@H](CCCCN)NC(=O)[C@H](CCCCN)NC(=O)[C@@H](N)CCCCN)C(=O)O. The van der Waals surface area contributed by atoms with Gasteiger partial charge in [-0.3, -0.25) is 28.8 Å². The van der Waals surface area contributed by atoms with E-state index in [0.717, 1.165) is 10.9 Å². The summed E-state index contributed by atoms with van der Waals surface area (Å²) in [5.41, 5.74) is 41.9. The van der Waals surface area contributed by atoms with E-state index in [1.54, 1.807) is 6.20 Å². The summed E-state index contributed by atoms with van der Waals surface area (Å²) >= 11 is 0. The lowest BCUT2D eigenvalue weighted by Gasteiger charge is -2.28. The monoisotopic (exact) mass is 973 g/mol. The fourth-order valence-corrected chi connectivity index (χ4v) is 7.81. The van der Waals surface area contributed by atoms with Crippen LogP contribution >= 0.6 is 0 Å². The number of para-hydroxylation sites is 1. The Kier molecular flexibility index (Phi) is 30.3. The van der Waals surface area contributed by atoms with Crippen molar-refractivity contribution in [2.75, 3.05) is 39.3 Å². The van der Waals surface area contributed by atoms with Gasteiger partial charge in [-0.05, 0) is 160 Å². The molecule has 0 saturated heterocycles. The number of aromatic nitrogens is 1. The molecule has 1 aromatic carbocycles. The highest BCUT2D eigenvalue weighted by Gasteiger charge is 2.34. The first-order valence-corrected chi connectivity index (χ1v) is 24.8. The molecule has 0 radical (unpaired) electrons. The summed E-state index contributed by atoms with van der Waals surface area (Å²) in [6.45, 7) is 2.14. The normalized spacial score (nSPS) is 14.4. The van der Waals surface area contributed by atoms with E-state index >= 15 is 0 Å². The molecule has 390 valence electrons. The quantitative estimate of drug-likeness (QED) is 0.0350. The van der Waals surface area contributed by atoms with E-state index in [4.69, 9.17) is 40.1 Å². The zero-order valence-electron chi connectivity index (χ0n) is 40.5. The lowest BCUT2D eigenvalue weighted by molar-refractivity contribution is -0.142. The van der Waals surface area contributed by atoms with Gasteiger partial charge in [0.05, 0.1) is 6.04 Å². The molecule has 22 N–H and O–H groups in total. The number of carboxylic acid groups (broad SMARTS) is 1. The molecular formula is C47H84N14O8. The van der Waals surface area contributed by atoms with Crippen molar-refractivity contribution in [1.29, 1.82) is 0 Å². The number of carboxylic acids is 1. The van der Waals surface area contributed by atoms with Gasteiger partial charge in [0.25, 0.3) is 0 Å². The molecule has 0 bridgehead atoms. The average Bonchev–Trinajstić information content (AvgIpc) is 3.74. The van der Waals surface area contributed by atoms with E-state index in [2.05, 4.69) is 36.9 Å². The van der Waals surface area contributed by atoms with Crippen molar-refractivity contribution >= 4 is 52.3 Å². The van der Waals surface area contributed by atoms with Crippen LogP contribution in [-0.4, -0.2) is 133 Å². The first-order chi connectivity index (χ1) is 33.2. The van der Waals surface area contributed by atoms with Crippen LogP contribution in [0, 0.1) is 0 Å². The second-order valence-corrected chi connectivity index (χ2v) is 17.6. The van der Waals surface area contributed by atoms with E-state index in [1.807, 2.05) is 24.3 Å². The number of hydrogen-bond donors (Lipinski definition) is 15. The minimum atomic E-state index is -1.30. The number of carbonyl (C=O) groups excluding carboxylic acids is 6. The molecule has 6 amide bonds. The number of unbranched alkanes of at least 4 members (excludes halogenated alkanes) is 6. The van der Waals surface area contributed by atoms with E-state index in [0.29, 0.717) is 128 Å². The summed E-state index contributed by atoms with van der Waals surface area (Å²) in [5.74, 6) is -5.18. The number of nitrogens with one attached hydrogen (secondary N) is 7. The standard InChI is InChI=1S/C47H84N14O8/c48-23-9-3-16-33(54)41(62)56-35(18-4-10-24-49)42(63)58-38(21-7-13-27-52)45(66)61-40(29-31-30-55-34-17-2-1-15-32(31)34)46(67)59-36(19-5-11-25-50)43(64)57-37(20-6-12-26-51)44(65)60-39(47(68)69)22-8-14-28-53/h1-2,15,17,30,33,35-40,55H,3-14,16,18-29,48-54H2,(H,56,62)(H,57,64)(H,58,63)(H,59,67)(H,60,65)(H,61,66)(H,68,69)/t33-,35-,36-,37-,38-,39-,40-/m0/s1. The molecular weight excluding hydrogens is 889 g/mol. The van der Waals surface area contributed by atoms with Gasteiger partial charge >= 0.3 is 5.97 Å². The largest absolute Gasteiger partial charge is 0.480 e. The molecule has 2 rings (SSSR count). The Morgan fingerprint density at radius 1 is 0.435 bits per heavy atom. The summed E-state index contributed by atoms with van der Waals surface area (Å²) in [5, 5.41) is 27.2. The maximum atomic E-state index is 14.6. The van der Waals surface area contributed by atoms with Gasteiger partial charge in [0, 0.05) is 23.5 Å². The number of benzene rings is 1. The summed E-state index contributed by atoms with van der Waals surface area (Å²) in [4.78, 5) is 99.4. The van der Waals surface area contributed by atoms with Crippen molar-refractivity contribution in [3.63, 3.8) is 0 Å². The Hall–Kier alpha value is -5.23. The number of amides is 6. The molecule has 1 aromatic heterocycles. The lowest BCUT2D eigenvalue weighted by Crippen LogP contribution is -2.60. The number of rotatable bonds is 39. The molecule has 0 aliphatic carbocycles. The molecule has 0 unspecified atom stereocenters. The number of nitrogens with two attached hydrogens (primary N) is 7. The van der Waals surface area contributed by atoms with Crippen LogP contribution in [0.5, 0.6) is 0 Å². The molecule has 2 aromatic rings. The number of fused-ring (bicyclic) bond motifs is 1. The third-order valence-electron chi connectivity index (χ3n) is 11.9. The zero-order chi connectivity index (χ0) is 51.0. The highest BCUT2D eigenvalue weighted by Crippen LogP contribution is 2.20. The molecule has 7 atom stereocenters. The van der Waals surface area contributed by atoms with Crippen molar-refractivity contribution in [3.05, 3.63) is 36.0 Å². The van der Waals surface area contributed by atoms with Crippen molar-refractivity contribution in [1.82, 2.24) is 36.9 Å². The zero-order valence-corrected chi connectivity index (χ0v) is 40.5. The summed E-state index contributed by atoms with van der Waals surface area (Å²) < 4.78 is 0. The number of carbonyl (C=O) groups is 7. The van der Waals surface area contributed by atoms with E-state index in [1.165, 1.54) is 0 Å². The average molecular weight is 973 g/mol. The van der Waals surface area contributed by atoms with E-state index in [-0.39, 0.29) is 38.5 Å². The first kappa shape index (κ1) is 59.9. The van der Waals surface area contributed by atoms with Crippen molar-refractivity contribution < 1.29 is 38.7 Å². The molecule has 22 nitrogen and oxygen atoms in total. The van der Waals surface area contributed by atoms with Crippen molar-refractivity contribution in [2.24, 2.45) is 40.1 Å². The van der Waals surface area contributed by atoms with Crippen LogP contribution in [0.1, 0.15) is 121 Å². The Morgan fingerprint density at radius 2 is 0.754 bits per heavy atom. The van der Waals surface area contributed by atoms with Gasteiger partial charge in [0.2, 0.25) is 35.4 Å². The van der Waals surface area contributed by atoms with Gasteiger partial charge in [-0.25, -0.2) is 4.79 Å². The first-order valence-electron chi connectivity index (χ1n) is 24.8. The second kappa shape index (κ2) is 35.0. The van der Waals surface area contributed by atoms with Crippen LogP contribution in [0.2, 0.25) is 0 Å². The van der Waals surface area contributed by atoms with Gasteiger partial charge in [0.1, 0.15) is 36.3 Å². The second-order valence-electron chi connectivity index (χ2n) is 17.6. The Labute approximate surface area is 406 Å². The summed E-state index contributed by atoms with van der Waals surface area (Å²) in [6, 6.07) is -0.566. The molecule has 0 aliphatic heterocycles. The smallest absolute Gasteiger partial charge is 0.326 e. The van der Waals surface area contributed by atoms with Crippen LogP contribution in [0.4, 0.5) is 0 Å². The minimum Gasteiger partial charge on any atom is -0.480 e. The topological polar surface area (TPSA) is 410 Å². The third-order valence-corrected chi connectivity index (χ3v) is 11.9. The van der Waals surface area contributed by atoms with Gasteiger partial charge in [-0.15, -0.1) is 0 Å². The fraction of sp³-hybridized carbons (Fsp3) is 0.681. The summed E-state index contributed by atoms with van der Waals surface area (Å²) in [6.07, 6.45) is 9.12. The summed E-state index contributed by atoms with van der Waals surface area (Å²) in [7, 11) is 0. The van der Waals surface area contributed by atoms with E-state index < -0.39 is 83.7 Å². The third kappa shape index (κ3) is 22.8. The molecule has 69 heavy (non-hydrogen) atoms. The van der Waals surface area contributed by atoms with Crippen LogP contribution in [0.25, 0.3) is 10.9 Å². The van der Waals surface area contributed by atoms with Crippen molar-refractivity contribution in [2.45, 2.75) is 164 Å². The maximum absolute atomic E-state index is 14.6. The van der Waals surface area contributed by atoms with Gasteiger partial charge in [-0.2, -0.15) is 0 Å². The van der Waals surface area contributed by atoms with Gasteiger partial charge < -0.3 is 82.1 Å². The van der Waals surface area contributed by atoms with Crippen LogP contribution < -0.4 is 72.0 Å². The molecule has 0 saturated carbocycles. The molecule has 0 aliphatic rings. The predicted octanol–water partition coefficient (Wildman–Crippen LogP) is -1.19. The Balaban J connectivity index is 2.51. The van der Waals surface area contributed by atoms with Crippen LogP contribution in [0.3, 0.4) is 0 Å². The van der Waals surface area contributed by atoms with Crippen molar-refractivity contribution in [3.8, 4) is 0 Å². The van der Waals surface area contributed by atoms with Crippen LogP contribution in [0.15, 0.2) is 30.5 Å². The Morgan fingerprint density at radius 3 is 1.14 bits per heavy atom. The minimum absolute atomic E-state index is 0.0349. The van der Waals surface area contributed by atoms with Gasteiger partial charge in [0.15, 0.2) is 0 Å². The number of aromatic amines is 1. The fourth-order valence-electron chi connectivity index (χ4n) is 7.81. The number of aliphatic carboxylic acids is 1. The molecule has 1 heterocycles. The van der Waals surface area contributed by atoms with Crippen LogP contribution in [-0.2, 0) is 40.0 Å². The lowest BCUT2D eigenvalue weighted by atomic mass is 10.0. The maximum Gasteiger partial charge on any atom is 0.326 e. The van der Waals surface area contributed by atoms with Gasteiger partial charge in [-0.1, -0.05) is 24.6 Å². The Bertz CT molecular complexity index is 1850. The highest BCUT2D eigenvalue weighted by molar-refractivity contribution is 5.97. The number of hydrogen-bond acceptors (Lipinski definition) is 14.